The Labute approximate surface area is 146 Å². The van der Waals surface area contributed by atoms with Crippen LogP contribution in [0, 0.1) is 17.8 Å². The Balaban J connectivity index is 1.66. The van der Waals surface area contributed by atoms with Crippen LogP contribution in [0.3, 0.4) is 0 Å². The lowest BCUT2D eigenvalue weighted by Gasteiger charge is -2.42. The highest BCUT2D eigenvalue weighted by Gasteiger charge is 2.44. The fraction of sp³-hybridized carbons (Fsp3) is 0.800. The molecule has 1 saturated carbocycles. The van der Waals surface area contributed by atoms with E-state index in [1.165, 1.54) is 19.3 Å². The third-order valence-electron chi connectivity index (χ3n) is 6.07. The minimum absolute atomic E-state index is 0.118. The molecule has 1 N–H and O–H groups in total. The van der Waals surface area contributed by atoms with Crippen LogP contribution in [-0.4, -0.2) is 35.8 Å². The number of hydrogen-bond acceptors (Lipinski definition) is 2. The molecule has 0 bridgehead atoms. The maximum atomic E-state index is 13.0. The van der Waals surface area contributed by atoms with Gasteiger partial charge in [-0.25, -0.2) is 0 Å². The highest BCUT2D eigenvalue weighted by Crippen LogP contribution is 2.37. The van der Waals surface area contributed by atoms with Crippen LogP contribution in [0.15, 0.2) is 12.2 Å². The van der Waals surface area contributed by atoms with Crippen molar-refractivity contribution in [3.8, 4) is 0 Å². The average molecular weight is 332 g/mol. The smallest absolute Gasteiger partial charge is 0.227 e. The Bertz CT molecular complexity index is 482. The molecule has 0 unspecified atom stereocenters. The molecule has 0 spiro atoms. The molecule has 2 aliphatic carbocycles. The number of nitrogens with zero attached hydrogens (tertiary/aromatic N) is 1. The second-order valence-electron chi connectivity index (χ2n) is 7.77. The van der Waals surface area contributed by atoms with Crippen molar-refractivity contribution < 1.29 is 9.59 Å². The van der Waals surface area contributed by atoms with Gasteiger partial charge in [-0.15, -0.1) is 0 Å². The molecule has 3 aliphatic rings. The summed E-state index contributed by atoms with van der Waals surface area (Å²) in [5.74, 6) is 0.286. The molecule has 0 aromatic heterocycles. The second kappa shape index (κ2) is 8.17. The molecule has 0 aromatic carbocycles. The monoisotopic (exact) mass is 332 g/mol. The largest absolute Gasteiger partial charge is 0.353 e. The summed E-state index contributed by atoms with van der Waals surface area (Å²) in [5.41, 5.74) is 0. The van der Waals surface area contributed by atoms with Crippen molar-refractivity contribution in [3.63, 3.8) is 0 Å². The summed E-state index contributed by atoms with van der Waals surface area (Å²) in [6.07, 6.45) is 14.1. The first kappa shape index (κ1) is 17.5. The minimum atomic E-state index is -0.168. The van der Waals surface area contributed by atoms with Gasteiger partial charge in [0, 0.05) is 19.1 Å². The van der Waals surface area contributed by atoms with E-state index >= 15 is 0 Å². The van der Waals surface area contributed by atoms with E-state index in [9.17, 15) is 9.59 Å². The molecule has 2 fully saturated rings. The SMILES string of the molecule is CCCCN1CC[C@H]2C=CC[C@@H](C(=O)NC3CCCCC3)[C@H]2C1=O. The zero-order valence-electron chi connectivity index (χ0n) is 15.0. The van der Waals surface area contributed by atoms with Crippen LogP contribution in [0.5, 0.6) is 0 Å². The van der Waals surface area contributed by atoms with Gasteiger partial charge in [-0.2, -0.15) is 0 Å². The quantitative estimate of drug-likeness (QED) is 0.786. The summed E-state index contributed by atoms with van der Waals surface area (Å²) in [5, 5.41) is 3.26. The van der Waals surface area contributed by atoms with Crippen LogP contribution >= 0.6 is 0 Å². The topological polar surface area (TPSA) is 49.4 Å². The molecule has 134 valence electrons. The normalized spacial score (nSPS) is 31.0. The summed E-state index contributed by atoms with van der Waals surface area (Å²) < 4.78 is 0. The first-order chi connectivity index (χ1) is 11.7. The number of nitrogens with one attached hydrogen (secondary N) is 1. The maximum absolute atomic E-state index is 13.0. The van der Waals surface area contributed by atoms with Gasteiger partial charge in [0.25, 0.3) is 0 Å². The van der Waals surface area contributed by atoms with E-state index in [0.29, 0.717) is 12.5 Å². The predicted molar refractivity (Wildman–Crippen MR) is 95.3 cm³/mol. The predicted octanol–water partition coefficient (Wildman–Crippen LogP) is 3.28. The molecular formula is C20H32N2O2. The van der Waals surface area contributed by atoms with Crippen molar-refractivity contribution >= 4 is 11.8 Å². The van der Waals surface area contributed by atoms with Crippen LogP contribution < -0.4 is 5.32 Å². The zero-order valence-corrected chi connectivity index (χ0v) is 15.0. The zero-order chi connectivity index (χ0) is 16.9. The molecule has 3 rings (SSSR count). The van der Waals surface area contributed by atoms with Crippen molar-refractivity contribution in [3.05, 3.63) is 12.2 Å². The summed E-state index contributed by atoms with van der Waals surface area (Å²) >= 11 is 0. The van der Waals surface area contributed by atoms with Crippen LogP contribution in [0.2, 0.25) is 0 Å². The highest BCUT2D eigenvalue weighted by molar-refractivity contribution is 5.89. The molecular weight excluding hydrogens is 300 g/mol. The average Bonchev–Trinajstić information content (AvgIpc) is 2.61. The number of rotatable bonds is 5. The second-order valence-corrected chi connectivity index (χ2v) is 7.77. The van der Waals surface area contributed by atoms with Gasteiger partial charge in [0.2, 0.25) is 11.8 Å². The molecule has 0 aromatic rings. The van der Waals surface area contributed by atoms with Crippen molar-refractivity contribution in [1.29, 1.82) is 0 Å². The van der Waals surface area contributed by atoms with Crippen LogP contribution in [0.1, 0.15) is 64.7 Å². The summed E-state index contributed by atoms with van der Waals surface area (Å²) in [4.78, 5) is 27.9. The highest BCUT2D eigenvalue weighted by atomic mass is 16.2. The molecule has 1 aliphatic heterocycles. The number of allylic oxidation sites excluding steroid dienone is 2. The van der Waals surface area contributed by atoms with Crippen LogP contribution in [0.25, 0.3) is 0 Å². The number of fused-ring (bicyclic) bond motifs is 1. The molecule has 4 heteroatoms. The molecule has 0 radical (unpaired) electrons. The van der Waals surface area contributed by atoms with Crippen molar-refractivity contribution in [2.24, 2.45) is 17.8 Å². The lowest BCUT2D eigenvalue weighted by Crippen LogP contribution is -2.53. The van der Waals surface area contributed by atoms with Crippen LogP contribution in [-0.2, 0) is 9.59 Å². The Hall–Kier alpha value is -1.32. The number of carbonyl (C=O) groups is 2. The lowest BCUT2D eigenvalue weighted by atomic mass is 9.71. The fourth-order valence-electron chi connectivity index (χ4n) is 4.62. The number of piperidine rings is 1. The minimum Gasteiger partial charge on any atom is -0.353 e. The lowest BCUT2D eigenvalue weighted by molar-refractivity contribution is -0.148. The van der Waals surface area contributed by atoms with E-state index < -0.39 is 0 Å². The Kier molecular flexibility index (Phi) is 5.96. The van der Waals surface area contributed by atoms with Gasteiger partial charge < -0.3 is 10.2 Å². The van der Waals surface area contributed by atoms with Gasteiger partial charge in [0.05, 0.1) is 11.8 Å². The van der Waals surface area contributed by atoms with Crippen molar-refractivity contribution in [1.82, 2.24) is 10.2 Å². The van der Waals surface area contributed by atoms with Gasteiger partial charge in [0.15, 0.2) is 0 Å². The third-order valence-corrected chi connectivity index (χ3v) is 6.07. The van der Waals surface area contributed by atoms with Gasteiger partial charge in [0.1, 0.15) is 0 Å². The number of carbonyl (C=O) groups excluding carboxylic acids is 2. The summed E-state index contributed by atoms with van der Waals surface area (Å²) in [6.45, 7) is 3.85. The number of hydrogen-bond donors (Lipinski definition) is 1. The Morgan fingerprint density at radius 3 is 2.79 bits per heavy atom. The fourth-order valence-corrected chi connectivity index (χ4v) is 4.62. The molecule has 1 heterocycles. The van der Waals surface area contributed by atoms with Gasteiger partial charge in [-0.1, -0.05) is 44.8 Å². The van der Waals surface area contributed by atoms with E-state index in [2.05, 4.69) is 24.4 Å². The number of unbranched alkanes of at least 4 members (excludes halogenated alkanes) is 1. The van der Waals surface area contributed by atoms with E-state index in [1.807, 2.05) is 4.90 Å². The standard InChI is InChI=1S/C20H32N2O2/c1-2-3-13-22-14-12-15-8-7-11-17(18(15)20(22)24)19(23)21-16-9-5-4-6-10-16/h7-8,15-18H,2-6,9-14H2,1H3,(H,21,23)/t15-,17-,18+/m1/s1. The first-order valence-corrected chi connectivity index (χ1v) is 9.96. The van der Waals surface area contributed by atoms with Gasteiger partial charge >= 0.3 is 0 Å². The van der Waals surface area contributed by atoms with Gasteiger partial charge in [-0.3, -0.25) is 9.59 Å². The van der Waals surface area contributed by atoms with Gasteiger partial charge in [-0.05, 0) is 38.0 Å². The van der Waals surface area contributed by atoms with Crippen LogP contribution in [0.4, 0.5) is 0 Å². The molecule has 3 atom stereocenters. The third kappa shape index (κ3) is 3.84. The Morgan fingerprint density at radius 1 is 1.25 bits per heavy atom. The Morgan fingerprint density at radius 2 is 2.04 bits per heavy atom. The molecule has 4 nitrogen and oxygen atoms in total. The number of likely N-dealkylation sites (tertiary alicyclic amines) is 1. The van der Waals surface area contributed by atoms with E-state index in [0.717, 1.165) is 45.2 Å². The summed E-state index contributed by atoms with van der Waals surface area (Å²) in [7, 11) is 0. The van der Waals surface area contributed by atoms with E-state index in [-0.39, 0.29) is 29.6 Å². The first-order valence-electron chi connectivity index (χ1n) is 9.96. The van der Waals surface area contributed by atoms with Crippen molar-refractivity contribution in [2.75, 3.05) is 13.1 Å². The number of amides is 2. The molecule has 2 amide bonds. The molecule has 1 saturated heterocycles. The van der Waals surface area contributed by atoms with E-state index in [4.69, 9.17) is 0 Å². The summed E-state index contributed by atoms with van der Waals surface area (Å²) in [6, 6.07) is 0.325. The molecule has 24 heavy (non-hydrogen) atoms. The maximum Gasteiger partial charge on any atom is 0.227 e. The van der Waals surface area contributed by atoms with E-state index in [1.54, 1.807) is 0 Å². The van der Waals surface area contributed by atoms with Crippen molar-refractivity contribution in [2.45, 2.75) is 70.8 Å².